The molecule has 1 atom stereocenters. The standard InChI is InChI=1S/C41H50ClN3O8/c1-4-6-7-8-9-10-11-12-13-17-26-52-40(48)32-22-25-34(42)35(27-32)43-53-37(28-36(46)31-20-23-33(50-3)24-21-31)45-38(47)39(51-5-2)44(41(45)49)29-30-18-15-14-16-19-30/h14-16,18-25,27-28,39,43H,4-13,17,26,29H2,1-3H3/b37-28-. The summed E-state index contributed by atoms with van der Waals surface area (Å²) >= 11 is 6.46. The van der Waals surface area contributed by atoms with Crippen molar-refractivity contribution in [3.63, 3.8) is 0 Å². The summed E-state index contributed by atoms with van der Waals surface area (Å²) in [4.78, 5) is 61.9. The van der Waals surface area contributed by atoms with Crippen LogP contribution < -0.4 is 10.2 Å². The maximum absolute atomic E-state index is 13.9. The maximum Gasteiger partial charge on any atom is 0.338 e. The number of hydrogen-bond donors (Lipinski definition) is 1. The maximum atomic E-state index is 13.9. The number of methoxy groups -OCH3 is 1. The first-order valence-corrected chi connectivity index (χ1v) is 18.7. The number of ketones is 1. The Hall–Kier alpha value is -4.87. The number of ether oxygens (including phenoxy) is 3. The van der Waals surface area contributed by atoms with E-state index in [9.17, 15) is 19.2 Å². The van der Waals surface area contributed by atoms with Crippen molar-refractivity contribution >= 4 is 41.0 Å². The second-order valence-corrected chi connectivity index (χ2v) is 13.1. The molecule has 0 aromatic heterocycles. The molecule has 1 saturated heterocycles. The van der Waals surface area contributed by atoms with Gasteiger partial charge in [-0.25, -0.2) is 15.1 Å². The smallest absolute Gasteiger partial charge is 0.338 e. The number of hydrogen-bond acceptors (Lipinski definition) is 9. The lowest BCUT2D eigenvalue weighted by Gasteiger charge is -2.21. The van der Waals surface area contributed by atoms with Gasteiger partial charge in [-0.1, -0.05) is 107 Å². The molecule has 3 amide bonds. The third kappa shape index (κ3) is 12.1. The van der Waals surface area contributed by atoms with E-state index in [-0.39, 0.29) is 41.6 Å². The highest BCUT2D eigenvalue weighted by atomic mass is 35.5. The number of halogens is 1. The number of rotatable bonds is 23. The Bertz CT molecular complexity index is 1680. The quantitative estimate of drug-likeness (QED) is 0.0192. The minimum Gasteiger partial charge on any atom is -0.497 e. The minimum absolute atomic E-state index is 0.0643. The molecule has 0 radical (unpaired) electrons. The molecule has 3 aromatic rings. The summed E-state index contributed by atoms with van der Waals surface area (Å²) in [6.45, 7) is 4.42. The predicted octanol–water partition coefficient (Wildman–Crippen LogP) is 9.32. The molecule has 1 N–H and O–H groups in total. The Labute approximate surface area is 317 Å². The van der Waals surface area contributed by atoms with Gasteiger partial charge in [0.25, 0.3) is 5.91 Å². The Balaban J connectivity index is 1.47. The summed E-state index contributed by atoms with van der Waals surface area (Å²) in [7, 11) is 1.51. The van der Waals surface area contributed by atoms with Crippen LogP contribution in [0.2, 0.25) is 5.02 Å². The van der Waals surface area contributed by atoms with Gasteiger partial charge in [0, 0.05) is 12.2 Å². The van der Waals surface area contributed by atoms with E-state index >= 15 is 0 Å². The van der Waals surface area contributed by atoms with Crippen LogP contribution in [0.3, 0.4) is 0 Å². The van der Waals surface area contributed by atoms with Crippen molar-refractivity contribution in [2.24, 2.45) is 0 Å². The van der Waals surface area contributed by atoms with E-state index in [1.54, 1.807) is 31.2 Å². The lowest BCUT2D eigenvalue weighted by Crippen LogP contribution is -2.36. The van der Waals surface area contributed by atoms with Crippen LogP contribution in [0.1, 0.15) is 104 Å². The largest absolute Gasteiger partial charge is 0.497 e. The van der Waals surface area contributed by atoms with Crippen molar-refractivity contribution in [1.29, 1.82) is 0 Å². The average Bonchev–Trinajstić information content (AvgIpc) is 3.40. The average molecular weight is 748 g/mol. The summed E-state index contributed by atoms with van der Waals surface area (Å²) in [5, 5.41) is 0.175. The zero-order valence-corrected chi connectivity index (χ0v) is 31.6. The first kappa shape index (κ1) is 40.9. The predicted molar refractivity (Wildman–Crippen MR) is 203 cm³/mol. The second kappa shape index (κ2) is 21.6. The molecule has 12 heteroatoms. The molecule has 1 fully saturated rings. The molecule has 3 aromatic carbocycles. The molecule has 1 aliphatic rings. The Kier molecular flexibility index (Phi) is 16.7. The Morgan fingerprint density at radius 1 is 0.830 bits per heavy atom. The summed E-state index contributed by atoms with van der Waals surface area (Å²) in [5.41, 5.74) is 4.01. The van der Waals surface area contributed by atoms with Crippen molar-refractivity contribution in [3.05, 3.63) is 106 Å². The first-order chi connectivity index (χ1) is 25.8. The zero-order chi connectivity index (χ0) is 38.0. The fourth-order valence-corrected chi connectivity index (χ4v) is 5.94. The number of carbonyl (C=O) groups excluding carboxylic acids is 4. The van der Waals surface area contributed by atoms with Crippen LogP contribution >= 0.6 is 11.6 Å². The van der Waals surface area contributed by atoms with Crippen molar-refractivity contribution in [2.45, 2.75) is 90.8 Å². The van der Waals surface area contributed by atoms with Gasteiger partial charge in [-0.2, -0.15) is 4.90 Å². The van der Waals surface area contributed by atoms with Crippen molar-refractivity contribution < 1.29 is 38.2 Å². The van der Waals surface area contributed by atoms with Gasteiger partial charge in [-0.3, -0.25) is 14.5 Å². The third-order valence-corrected chi connectivity index (χ3v) is 9.05. The summed E-state index contributed by atoms with van der Waals surface area (Å²) in [6.07, 6.45) is 11.4. The second-order valence-electron chi connectivity index (χ2n) is 12.7. The van der Waals surface area contributed by atoms with Crippen LogP contribution in [0.15, 0.2) is 84.8 Å². The minimum atomic E-state index is -1.27. The van der Waals surface area contributed by atoms with E-state index in [1.807, 2.05) is 30.3 Å². The summed E-state index contributed by atoms with van der Waals surface area (Å²) in [6, 6.07) is 19.1. The number of carbonyl (C=O) groups is 4. The highest BCUT2D eigenvalue weighted by Crippen LogP contribution is 2.29. The summed E-state index contributed by atoms with van der Waals surface area (Å²) in [5.74, 6) is -1.73. The molecular weight excluding hydrogens is 698 g/mol. The Morgan fingerprint density at radius 3 is 2.11 bits per heavy atom. The van der Waals surface area contributed by atoms with E-state index in [2.05, 4.69) is 12.4 Å². The van der Waals surface area contributed by atoms with Gasteiger partial charge in [-0.05, 0) is 61.4 Å². The molecule has 0 saturated carbocycles. The molecule has 0 aliphatic carbocycles. The number of amides is 3. The Morgan fingerprint density at radius 2 is 1.47 bits per heavy atom. The summed E-state index contributed by atoms with van der Waals surface area (Å²) < 4.78 is 16.4. The van der Waals surface area contributed by atoms with Crippen molar-refractivity contribution in [3.8, 4) is 5.75 Å². The van der Waals surface area contributed by atoms with Crippen molar-refractivity contribution in [2.75, 3.05) is 25.8 Å². The van der Waals surface area contributed by atoms with E-state index in [4.69, 9.17) is 30.6 Å². The molecular formula is C41H50ClN3O8. The molecule has 0 bridgehead atoms. The number of anilines is 1. The van der Waals surface area contributed by atoms with Crippen LogP contribution in [0, 0.1) is 0 Å². The van der Waals surface area contributed by atoms with E-state index in [1.165, 1.54) is 75.2 Å². The molecule has 0 spiro atoms. The van der Waals surface area contributed by atoms with Gasteiger partial charge in [0.15, 0.2) is 5.78 Å². The number of nitrogens with one attached hydrogen (secondary N) is 1. The van der Waals surface area contributed by atoms with E-state index in [0.717, 1.165) is 35.8 Å². The van der Waals surface area contributed by atoms with Gasteiger partial charge in [0.2, 0.25) is 12.1 Å². The molecule has 53 heavy (non-hydrogen) atoms. The third-order valence-electron chi connectivity index (χ3n) is 8.72. The number of benzene rings is 3. The van der Waals surface area contributed by atoms with E-state index < -0.39 is 35.8 Å². The highest BCUT2D eigenvalue weighted by molar-refractivity contribution is 6.33. The van der Waals surface area contributed by atoms with Gasteiger partial charge in [0.05, 0.1) is 42.6 Å². The molecule has 1 unspecified atom stereocenters. The van der Waals surface area contributed by atoms with Crippen molar-refractivity contribution in [1.82, 2.24) is 9.80 Å². The highest BCUT2D eigenvalue weighted by Gasteiger charge is 2.48. The van der Waals surface area contributed by atoms with E-state index in [0.29, 0.717) is 5.75 Å². The SMILES string of the molecule is CCCCCCCCCCCCOC(=O)c1ccc(Cl)c(NO/C(=C\C(=O)c2ccc(OC)cc2)N2C(=O)C(OCC)N(Cc3ccccc3)C2=O)c1. The normalized spacial score (nSPS) is 14.4. The van der Waals surface area contributed by atoms with Crippen LogP contribution in [0.5, 0.6) is 5.75 Å². The molecule has 1 aliphatic heterocycles. The lowest BCUT2D eigenvalue weighted by molar-refractivity contribution is -0.141. The first-order valence-electron chi connectivity index (χ1n) is 18.4. The lowest BCUT2D eigenvalue weighted by atomic mass is 10.1. The molecule has 11 nitrogen and oxygen atoms in total. The fourth-order valence-electron chi connectivity index (χ4n) is 5.79. The number of imide groups is 1. The van der Waals surface area contributed by atoms with Gasteiger partial charge < -0.3 is 19.0 Å². The zero-order valence-electron chi connectivity index (χ0n) is 30.8. The van der Waals surface area contributed by atoms with Gasteiger partial charge in [-0.15, -0.1) is 0 Å². The molecule has 284 valence electrons. The fraction of sp³-hybridized carbons (Fsp3) is 0.415. The number of urea groups is 1. The number of esters is 1. The van der Waals surface area contributed by atoms with Crippen LogP contribution in [0.25, 0.3) is 0 Å². The monoisotopic (exact) mass is 747 g/mol. The van der Waals surface area contributed by atoms with Gasteiger partial charge in [0.1, 0.15) is 5.75 Å². The molecule has 1 heterocycles. The number of unbranched alkanes of at least 4 members (excludes halogenated alkanes) is 9. The number of allylic oxidation sites excluding steroid dienone is 1. The van der Waals surface area contributed by atoms with Crippen LogP contribution in [0.4, 0.5) is 10.5 Å². The number of nitrogens with zero attached hydrogens (tertiary/aromatic N) is 2. The van der Waals surface area contributed by atoms with Gasteiger partial charge >= 0.3 is 12.0 Å². The molecule has 4 rings (SSSR count). The van der Waals surface area contributed by atoms with Crippen LogP contribution in [-0.2, 0) is 25.7 Å². The van der Waals surface area contributed by atoms with Crippen LogP contribution in [-0.4, -0.2) is 60.0 Å². The topological polar surface area (TPSA) is 124 Å².